The number of imide groups is 1. The van der Waals surface area contributed by atoms with Gasteiger partial charge in [0.2, 0.25) is 5.91 Å². The summed E-state index contributed by atoms with van der Waals surface area (Å²) in [6.07, 6.45) is 0. The summed E-state index contributed by atoms with van der Waals surface area (Å²) >= 11 is 5.89. The van der Waals surface area contributed by atoms with Crippen molar-refractivity contribution in [2.75, 3.05) is 9.91 Å². The molecular weight excluding hydrogens is 354 g/mol. The van der Waals surface area contributed by atoms with Crippen molar-refractivity contribution in [1.82, 2.24) is 0 Å². The molecule has 130 valence electrons. The lowest BCUT2D eigenvalue weighted by Gasteiger charge is -2.22. The first-order valence-electron chi connectivity index (χ1n) is 8.06. The zero-order valence-electron chi connectivity index (χ0n) is 13.8. The number of amides is 2. The molecule has 7 heteroatoms. The van der Waals surface area contributed by atoms with Gasteiger partial charge < -0.3 is 0 Å². The summed E-state index contributed by atoms with van der Waals surface area (Å²) < 4.78 is 0. The van der Waals surface area contributed by atoms with Crippen molar-refractivity contribution in [3.05, 3.63) is 59.6 Å². The molecule has 26 heavy (non-hydrogen) atoms. The van der Waals surface area contributed by atoms with Gasteiger partial charge >= 0.3 is 0 Å². The van der Waals surface area contributed by atoms with Crippen molar-refractivity contribution in [2.45, 2.75) is 13.0 Å². The number of benzene rings is 2. The van der Waals surface area contributed by atoms with Crippen LogP contribution in [0.5, 0.6) is 0 Å². The van der Waals surface area contributed by atoms with Crippen molar-refractivity contribution >= 4 is 46.3 Å². The number of anilines is 2. The maximum absolute atomic E-state index is 13.1. The topological polar surface area (TPSA) is 70.1 Å². The minimum absolute atomic E-state index is 0.105. The number of carbonyl (C=O) groups excluding carboxylic acids is 3. The van der Waals surface area contributed by atoms with Gasteiger partial charge in [0.1, 0.15) is 17.7 Å². The number of hydrogen-bond donors (Lipinski definition) is 0. The first kappa shape index (κ1) is 16.5. The Morgan fingerprint density at radius 3 is 2.23 bits per heavy atom. The Kier molecular flexibility index (Phi) is 3.85. The molecule has 0 radical (unpaired) electrons. The van der Waals surface area contributed by atoms with E-state index in [2.05, 4.69) is 5.10 Å². The predicted molar refractivity (Wildman–Crippen MR) is 98.3 cm³/mol. The van der Waals surface area contributed by atoms with Crippen molar-refractivity contribution in [3.63, 3.8) is 0 Å². The van der Waals surface area contributed by atoms with Crippen molar-refractivity contribution in [2.24, 2.45) is 11.0 Å². The van der Waals surface area contributed by atoms with Gasteiger partial charge in [-0.25, -0.2) is 4.90 Å². The molecule has 2 amide bonds. The van der Waals surface area contributed by atoms with Crippen LogP contribution < -0.4 is 9.91 Å². The molecule has 6 nitrogen and oxygen atoms in total. The summed E-state index contributed by atoms with van der Waals surface area (Å²) in [6.45, 7) is 1.35. The van der Waals surface area contributed by atoms with Crippen LogP contribution in [0.4, 0.5) is 11.4 Å². The van der Waals surface area contributed by atoms with Crippen LogP contribution in [0, 0.1) is 5.92 Å². The normalized spacial score (nSPS) is 21.8. The van der Waals surface area contributed by atoms with E-state index in [0.29, 0.717) is 16.4 Å². The maximum Gasteiger partial charge on any atom is 0.259 e. The Labute approximate surface area is 154 Å². The average molecular weight is 368 g/mol. The van der Waals surface area contributed by atoms with Gasteiger partial charge in [-0.2, -0.15) is 5.10 Å². The molecule has 0 aliphatic carbocycles. The Bertz CT molecular complexity index is 940. The third kappa shape index (κ3) is 2.42. The van der Waals surface area contributed by atoms with Gasteiger partial charge in [-0.15, -0.1) is 0 Å². The van der Waals surface area contributed by atoms with E-state index in [0.717, 1.165) is 4.90 Å². The van der Waals surface area contributed by atoms with Crippen molar-refractivity contribution < 1.29 is 14.4 Å². The van der Waals surface area contributed by atoms with Crippen LogP contribution in [-0.4, -0.2) is 29.4 Å². The van der Waals surface area contributed by atoms with Gasteiger partial charge in [-0.05, 0) is 36.4 Å². The second kappa shape index (κ2) is 6.07. The number of carbonyl (C=O) groups is 3. The van der Waals surface area contributed by atoms with Gasteiger partial charge in [-0.1, -0.05) is 29.8 Å². The zero-order valence-corrected chi connectivity index (χ0v) is 14.6. The number of halogens is 1. The van der Waals surface area contributed by atoms with E-state index in [1.165, 1.54) is 11.9 Å². The Morgan fingerprint density at radius 2 is 1.62 bits per heavy atom. The molecule has 0 saturated carbocycles. The Hall–Kier alpha value is -2.99. The molecule has 2 aliphatic rings. The van der Waals surface area contributed by atoms with Crippen LogP contribution in [-0.2, 0) is 14.4 Å². The van der Waals surface area contributed by atoms with Crippen LogP contribution in [0.25, 0.3) is 0 Å². The fourth-order valence-electron chi connectivity index (χ4n) is 3.34. The molecule has 4 rings (SSSR count). The van der Waals surface area contributed by atoms with Gasteiger partial charge in [0.25, 0.3) is 5.91 Å². The lowest BCUT2D eigenvalue weighted by molar-refractivity contribution is -0.122. The second-order valence-corrected chi connectivity index (χ2v) is 6.57. The first-order valence-corrected chi connectivity index (χ1v) is 8.44. The van der Waals surface area contributed by atoms with E-state index in [4.69, 9.17) is 11.6 Å². The number of hydrazone groups is 1. The summed E-state index contributed by atoms with van der Waals surface area (Å²) in [7, 11) is 0. The second-order valence-electron chi connectivity index (χ2n) is 6.13. The molecule has 2 heterocycles. The van der Waals surface area contributed by atoms with Crippen LogP contribution in [0.2, 0.25) is 5.02 Å². The Balaban J connectivity index is 1.80. The number of fused-ring (bicyclic) bond motifs is 1. The zero-order chi connectivity index (χ0) is 18.4. The molecule has 0 spiro atoms. The Morgan fingerprint density at radius 1 is 0.962 bits per heavy atom. The highest BCUT2D eigenvalue weighted by Crippen LogP contribution is 2.37. The average Bonchev–Trinajstić information content (AvgIpc) is 3.15. The van der Waals surface area contributed by atoms with E-state index in [1.54, 1.807) is 36.4 Å². The minimum atomic E-state index is -0.907. The third-order valence-electron chi connectivity index (χ3n) is 4.52. The summed E-state index contributed by atoms with van der Waals surface area (Å²) in [5.74, 6) is -2.09. The number of para-hydroxylation sites is 1. The maximum atomic E-state index is 13.1. The molecule has 0 unspecified atom stereocenters. The van der Waals surface area contributed by atoms with Crippen LogP contribution >= 0.6 is 11.6 Å². The van der Waals surface area contributed by atoms with Crippen molar-refractivity contribution in [3.8, 4) is 0 Å². The van der Waals surface area contributed by atoms with Gasteiger partial charge in [0.15, 0.2) is 5.78 Å². The van der Waals surface area contributed by atoms with E-state index in [1.807, 2.05) is 18.2 Å². The standard InChI is InChI=1S/C19H14ClN3O3/c1-11(24)16-15-17(23(21-16)14-5-3-2-4-6-14)19(26)22(18(15)25)13-9-7-12(20)8-10-13/h2-10,15,17H,1H3/t15-,17-/m1/s1. The van der Waals surface area contributed by atoms with E-state index in [9.17, 15) is 14.4 Å². The smallest absolute Gasteiger partial charge is 0.259 e. The molecule has 2 atom stereocenters. The molecule has 0 aromatic heterocycles. The molecule has 1 saturated heterocycles. The van der Waals surface area contributed by atoms with Crippen LogP contribution in [0.3, 0.4) is 0 Å². The molecule has 2 aromatic rings. The lowest BCUT2D eigenvalue weighted by Crippen LogP contribution is -2.39. The van der Waals surface area contributed by atoms with E-state index >= 15 is 0 Å². The van der Waals surface area contributed by atoms with Crippen molar-refractivity contribution in [1.29, 1.82) is 0 Å². The summed E-state index contributed by atoms with van der Waals surface area (Å²) in [5.41, 5.74) is 1.18. The number of nitrogens with zero attached hydrogens (tertiary/aromatic N) is 3. The van der Waals surface area contributed by atoms with Gasteiger partial charge in [0, 0.05) is 11.9 Å². The molecule has 2 aliphatic heterocycles. The molecular formula is C19H14ClN3O3. The SMILES string of the molecule is CC(=O)C1=NN(c2ccccc2)[C@H]2C(=O)N(c3ccc(Cl)cc3)C(=O)[C@H]12. The summed E-state index contributed by atoms with van der Waals surface area (Å²) in [4.78, 5) is 39.2. The van der Waals surface area contributed by atoms with E-state index in [-0.39, 0.29) is 11.5 Å². The fourth-order valence-corrected chi connectivity index (χ4v) is 3.47. The van der Waals surface area contributed by atoms with Gasteiger partial charge in [0.05, 0.1) is 11.4 Å². The molecule has 2 aromatic carbocycles. The monoisotopic (exact) mass is 367 g/mol. The van der Waals surface area contributed by atoms with Gasteiger partial charge in [-0.3, -0.25) is 19.4 Å². The summed E-state index contributed by atoms with van der Waals surface area (Å²) in [5, 5.41) is 6.27. The van der Waals surface area contributed by atoms with Crippen LogP contribution in [0.15, 0.2) is 59.7 Å². The first-order chi connectivity index (χ1) is 12.5. The minimum Gasteiger partial charge on any atom is -0.293 e. The fraction of sp³-hybridized carbons (Fsp3) is 0.158. The number of Topliss-reactive ketones (excluding diaryl/α,β-unsaturated/α-hetero) is 1. The highest BCUT2D eigenvalue weighted by atomic mass is 35.5. The largest absolute Gasteiger partial charge is 0.293 e. The molecule has 0 bridgehead atoms. The number of rotatable bonds is 3. The highest BCUT2D eigenvalue weighted by molar-refractivity contribution is 6.48. The van der Waals surface area contributed by atoms with Crippen LogP contribution in [0.1, 0.15) is 6.92 Å². The highest BCUT2D eigenvalue weighted by Gasteiger charge is 2.58. The third-order valence-corrected chi connectivity index (χ3v) is 4.77. The molecule has 0 N–H and O–H groups in total. The molecule has 1 fully saturated rings. The predicted octanol–water partition coefficient (Wildman–Crippen LogP) is 2.66. The summed E-state index contributed by atoms with van der Waals surface area (Å²) in [6, 6.07) is 14.6. The number of hydrogen-bond acceptors (Lipinski definition) is 5. The lowest BCUT2D eigenvalue weighted by atomic mass is 9.95. The van der Waals surface area contributed by atoms with E-state index < -0.39 is 23.8 Å². The number of ketones is 1. The quantitative estimate of drug-likeness (QED) is 0.782.